The van der Waals surface area contributed by atoms with E-state index in [1.54, 1.807) is 0 Å². The van der Waals surface area contributed by atoms with E-state index < -0.39 is 6.10 Å². The Morgan fingerprint density at radius 3 is 1.46 bits per heavy atom. The van der Waals surface area contributed by atoms with Crippen LogP contribution in [0.25, 0.3) is 0 Å². The van der Waals surface area contributed by atoms with Gasteiger partial charge in [-0.05, 0) is 102 Å². The molecule has 8 heteroatoms. The van der Waals surface area contributed by atoms with Crippen LogP contribution in [0.3, 0.4) is 0 Å². The van der Waals surface area contributed by atoms with Crippen molar-refractivity contribution in [2.45, 2.75) is 213 Å². The van der Waals surface area contributed by atoms with Gasteiger partial charge in [-0.3, -0.25) is 9.59 Å². The highest BCUT2D eigenvalue weighted by molar-refractivity contribution is 7.80. The predicted molar refractivity (Wildman–Crippen MR) is 232 cm³/mol. The lowest BCUT2D eigenvalue weighted by Crippen LogP contribution is -2.36. The third kappa shape index (κ3) is 34.6. The topological polar surface area (TPSA) is 77.1 Å². The first kappa shape index (κ1) is 50.1. The molecule has 0 bridgehead atoms. The van der Waals surface area contributed by atoms with Gasteiger partial charge in [-0.25, -0.2) is 0 Å². The zero-order valence-electron chi connectivity index (χ0n) is 35.2. The fraction of sp³-hybridized carbons (Fsp3) is 0.848. The van der Waals surface area contributed by atoms with Crippen LogP contribution in [-0.4, -0.2) is 67.5 Å². The van der Waals surface area contributed by atoms with Crippen LogP contribution in [0.2, 0.25) is 0 Å². The van der Waals surface area contributed by atoms with Crippen LogP contribution in [0.1, 0.15) is 206 Å². The molecule has 1 heterocycles. The summed E-state index contributed by atoms with van der Waals surface area (Å²) in [7, 11) is 0. The number of hydrogen-bond donors (Lipinski definition) is 1. The van der Waals surface area contributed by atoms with Gasteiger partial charge < -0.3 is 24.4 Å². The van der Waals surface area contributed by atoms with Crippen LogP contribution in [0.4, 0.5) is 0 Å². The van der Waals surface area contributed by atoms with Crippen molar-refractivity contribution in [1.29, 1.82) is 0 Å². The number of unbranched alkanes of at least 4 members (excludes halogenated alkanes) is 22. The van der Waals surface area contributed by atoms with Crippen LogP contribution >= 0.6 is 12.2 Å². The fourth-order valence-electron chi connectivity index (χ4n) is 6.84. The van der Waals surface area contributed by atoms with E-state index >= 15 is 0 Å². The zero-order chi connectivity index (χ0) is 39.0. The van der Waals surface area contributed by atoms with Gasteiger partial charge in [-0.15, -0.1) is 0 Å². The van der Waals surface area contributed by atoms with Gasteiger partial charge in [0.25, 0.3) is 5.17 Å². The number of esters is 2. The first-order chi connectivity index (χ1) is 26.5. The van der Waals surface area contributed by atoms with Crippen molar-refractivity contribution in [2.75, 3.05) is 39.4 Å². The quantitative estimate of drug-likeness (QED) is 0.0287. The molecule has 1 N–H and O–H groups in total. The third-order valence-corrected chi connectivity index (χ3v) is 10.6. The molecule has 1 saturated heterocycles. The van der Waals surface area contributed by atoms with Crippen molar-refractivity contribution in [3.05, 3.63) is 24.3 Å². The van der Waals surface area contributed by atoms with Gasteiger partial charge in [0.05, 0.1) is 0 Å². The lowest BCUT2D eigenvalue weighted by Gasteiger charge is -2.20. The van der Waals surface area contributed by atoms with Gasteiger partial charge in [0.15, 0.2) is 6.10 Å². The highest BCUT2D eigenvalue weighted by Crippen LogP contribution is 2.13. The summed E-state index contributed by atoms with van der Waals surface area (Å²) < 4.78 is 17.0. The Bertz CT molecular complexity index is 936. The van der Waals surface area contributed by atoms with Crippen molar-refractivity contribution >= 4 is 29.3 Å². The number of nitrogens with one attached hydrogen (secondary N) is 1. The van der Waals surface area contributed by atoms with E-state index in [-0.39, 0.29) is 30.3 Å². The number of thiocarbonyl (C=S) groups is 1. The van der Waals surface area contributed by atoms with Crippen LogP contribution in [0.5, 0.6) is 0 Å². The third-order valence-electron chi connectivity index (χ3n) is 10.3. The molecule has 1 aliphatic heterocycles. The van der Waals surface area contributed by atoms with Crippen molar-refractivity contribution < 1.29 is 23.8 Å². The van der Waals surface area contributed by atoms with E-state index in [2.05, 4.69) is 48.4 Å². The molecule has 0 aromatic heterocycles. The molecule has 1 atom stereocenters. The zero-order valence-corrected chi connectivity index (χ0v) is 36.1. The van der Waals surface area contributed by atoms with E-state index in [9.17, 15) is 9.59 Å². The number of ether oxygens (including phenoxy) is 3. The highest BCUT2D eigenvalue weighted by Gasteiger charge is 2.19. The van der Waals surface area contributed by atoms with Gasteiger partial charge in [0.1, 0.15) is 13.2 Å². The Hall–Kier alpha value is -1.93. The first-order valence-corrected chi connectivity index (χ1v) is 23.2. The number of allylic oxidation sites excluding steroid dienone is 4. The standard InChI is InChI=1S/C46H84N2O5S/c1-3-5-7-9-11-13-15-17-19-21-23-25-27-29-31-35-44(49)51-41-43(42-52-46(54)47-37-40-48-38-33-34-39-48)53-45(50)36-32-30-28-26-24-22-20-18-16-14-12-10-8-6-4-2/h17-20,43H,3-16,21-42H2,1-2H3,(H,47,54). The fourth-order valence-corrected chi connectivity index (χ4v) is 7.01. The maximum Gasteiger partial charge on any atom is 0.306 e. The Morgan fingerprint density at radius 1 is 0.574 bits per heavy atom. The van der Waals surface area contributed by atoms with E-state index in [0.717, 1.165) is 71.0 Å². The van der Waals surface area contributed by atoms with E-state index in [0.29, 0.717) is 19.4 Å². The lowest BCUT2D eigenvalue weighted by atomic mass is 10.1. The molecular formula is C46H84N2O5S. The van der Waals surface area contributed by atoms with Crippen LogP contribution in [0, 0.1) is 0 Å². The molecule has 54 heavy (non-hydrogen) atoms. The second-order valence-corrected chi connectivity index (χ2v) is 15.9. The number of likely N-dealkylation sites (tertiary alicyclic amines) is 1. The summed E-state index contributed by atoms with van der Waals surface area (Å²) >= 11 is 5.38. The molecule has 0 aromatic carbocycles. The maximum absolute atomic E-state index is 12.7. The summed E-state index contributed by atoms with van der Waals surface area (Å²) in [5.74, 6) is -0.528. The largest absolute Gasteiger partial charge is 0.467 e. The monoisotopic (exact) mass is 777 g/mol. The van der Waals surface area contributed by atoms with Crippen molar-refractivity contribution in [1.82, 2.24) is 10.2 Å². The van der Waals surface area contributed by atoms with Gasteiger partial charge in [0.2, 0.25) is 0 Å². The smallest absolute Gasteiger partial charge is 0.306 e. The molecule has 0 saturated carbocycles. The normalized spacial score (nSPS) is 13.9. The summed E-state index contributed by atoms with van der Waals surface area (Å²) in [6.45, 7) is 8.47. The van der Waals surface area contributed by atoms with E-state index in [4.69, 9.17) is 26.4 Å². The average Bonchev–Trinajstić information content (AvgIpc) is 3.69. The van der Waals surface area contributed by atoms with Crippen LogP contribution in [0.15, 0.2) is 24.3 Å². The Balaban J connectivity index is 2.23. The first-order valence-electron chi connectivity index (χ1n) is 22.8. The summed E-state index contributed by atoms with van der Waals surface area (Å²) in [6, 6.07) is 0. The number of carbonyl (C=O) groups is 2. The second kappa shape index (κ2) is 39.3. The number of carbonyl (C=O) groups excluding carboxylic acids is 2. The molecular weight excluding hydrogens is 693 g/mol. The Morgan fingerprint density at radius 2 is 0.981 bits per heavy atom. The van der Waals surface area contributed by atoms with E-state index in [1.165, 1.54) is 128 Å². The molecule has 314 valence electrons. The number of nitrogens with zero attached hydrogens (tertiary/aromatic N) is 1. The molecule has 1 aliphatic rings. The second-order valence-electron chi connectivity index (χ2n) is 15.5. The molecule has 1 unspecified atom stereocenters. The summed E-state index contributed by atoms with van der Waals surface area (Å²) in [5.41, 5.74) is 0. The number of hydrogen-bond acceptors (Lipinski definition) is 7. The molecule has 1 fully saturated rings. The molecule has 0 spiro atoms. The minimum atomic E-state index is -0.683. The number of rotatable bonds is 38. The van der Waals surface area contributed by atoms with Crippen molar-refractivity contribution in [3.8, 4) is 0 Å². The Labute approximate surface area is 338 Å². The minimum absolute atomic E-state index is 0.0155. The molecule has 0 amide bonds. The highest BCUT2D eigenvalue weighted by atomic mass is 32.1. The van der Waals surface area contributed by atoms with E-state index in [1.807, 2.05) is 0 Å². The molecule has 0 aliphatic carbocycles. The predicted octanol–water partition coefficient (Wildman–Crippen LogP) is 12.5. The van der Waals surface area contributed by atoms with Gasteiger partial charge >= 0.3 is 11.9 Å². The van der Waals surface area contributed by atoms with Crippen LogP contribution < -0.4 is 5.32 Å². The Kier molecular flexibility index (Phi) is 36.5. The van der Waals surface area contributed by atoms with Crippen molar-refractivity contribution in [3.63, 3.8) is 0 Å². The summed E-state index contributed by atoms with van der Waals surface area (Å²) in [4.78, 5) is 27.7. The minimum Gasteiger partial charge on any atom is -0.467 e. The SMILES string of the molecule is CCCCCCCCC=CCCCCCCCC(=O)OCC(COC(=S)NCCN1CCCC1)OC(=O)CCCCCCCC=CCCCCCCCC. The molecule has 0 aromatic rings. The van der Waals surface area contributed by atoms with Gasteiger partial charge in [0, 0.05) is 25.9 Å². The summed E-state index contributed by atoms with van der Waals surface area (Å²) in [5, 5.41) is 3.43. The van der Waals surface area contributed by atoms with Gasteiger partial charge in [-0.2, -0.15) is 0 Å². The van der Waals surface area contributed by atoms with Gasteiger partial charge in [-0.1, -0.05) is 141 Å². The molecule has 0 radical (unpaired) electrons. The lowest BCUT2D eigenvalue weighted by molar-refractivity contribution is -0.161. The molecule has 1 rings (SSSR count). The summed E-state index contributed by atoms with van der Waals surface area (Å²) in [6.07, 6.45) is 43.5. The van der Waals surface area contributed by atoms with Crippen LogP contribution in [-0.2, 0) is 23.8 Å². The van der Waals surface area contributed by atoms with Crippen molar-refractivity contribution in [2.24, 2.45) is 0 Å². The molecule has 7 nitrogen and oxygen atoms in total. The average molecular weight is 777 g/mol. The maximum atomic E-state index is 12.7.